The van der Waals surface area contributed by atoms with Gasteiger partial charge in [-0.25, -0.2) is 9.07 Å². The second-order valence-corrected chi connectivity index (χ2v) is 7.67. The third-order valence-electron chi connectivity index (χ3n) is 5.72. The number of methoxy groups -OCH3 is 2. The van der Waals surface area contributed by atoms with Crippen LogP contribution in [0.4, 0.5) is 4.39 Å². The third kappa shape index (κ3) is 4.08. The maximum absolute atomic E-state index is 13.3. The molecule has 1 aromatic heterocycles. The number of amides is 1. The highest BCUT2D eigenvalue weighted by Gasteiger charge is 2.28. The molecule has 2 aromatic carbocycles. The summed E-state index contributed by atoms with van der Waals surface area (Å²) in [7, 11) is 3.17. The van der Waals surface area contributed by atoms with Gasteiger partial charge in [0, 0.05) is 24.7 Å². The van der Waals surface area contributed by atoms with Gasteiger partial charge in [-0.15, -0.1) is 0 Å². The predicted octanol–water partition coefficient (Wildman–Crippen LogP) is 3.21. The zero-order valence-electron chi connectivity index (χ0n) is 18.2. The Morgan fingerprint density at radius 3 is 2.34 bits per heavy atom. The first-order valence-electron chi connectivity index (χ1n) is 10.3. The van der Waals surface area contributed by atoms with Gasteiger partial charge in [-0.3, -0.25) is 9.59 Å². The fourth-order valence-electron chi connectivity index (χ4n) is 3.92. The average Bonchev–Trinajstić information content (AvgIpc) is 2.82. The van der Waals surface area contributed by atoms with Crippen molar-refractivity contribution in [1.82, 2.24) is 14.7 Å². The second-order valence-electron chi connectivity index (χ2n) is 7.67. The molecule has 3 aromatic rings. The molecule has 7 nitrogen and oxygen atoms in total. The fraction of sp³-hybridized carbons (Fsp3) is 0.292. The highest BCUT2D eigenvalue weighted by Crippen LogP contribution is 2.33. The van der Waals surface area contributed by atoms with Crippen LogP contribution >= 0.6 is 0 Å². The fourth-order valence-corrected chi connectivity index (χ4v) is 3.92. The largest absolute Gasteiger partial charge is 0.493 e. The average molecular weight is 437 g/mol. The number of carbonyl (C=O) groups is 1. The van der Waals surface area contributed by atoms with Crippen molar-refractivity contribution >= 4 is 5.91 Å². The van der Waals surface area contributed by atoms with E-state index in [1.165, 1.54) is 22.9 Å². The Balaban J connectivity index is 1.59. The predicted molar refractivity (Wildman–Crippen MR) is 117 cm³/mol. The van der Waals surface area contributed by atoms with Crippen molar-refractivity contribution < 1.29 is 18.7 Å². The van der Waals surface area contributed by atoms with Crippen LogP contribution in [0.15, 0.2) is 53.3 Å². The van der Waals surface area contributed by atoms with Crippen LogP contribution in [-0.2, 0) is 17.8 Å². The number of fused-ring (bicyclic) bond motifs is 1. The molecule has 0 fully saturated rings. The van der Waals surface area contributed by atoms with E-state index < -0.39 is 6.04 Å². The van der Waals surface area contributed by atoms with Gasteiger partial charge in [0.2, 0.25) is 5.91 Å². The summed E-state index contributed by atoms with van der Waals surface area (Å²) >= 11 is 0. The van der Waals surface area contributed by atoms with Gasteiger partial charge in [0.25, 0.3) is 5.56 Å². The zero-order chi connectivity index (χ0) is 22.8. The highest BCUT2D eigenvalue weighted by molar-refractivity contribution is 5.80. The van der Waals surface area contributed by atoms with Crippen molar-refractivity contribution in [3.8, 4) is 22.8 Å². The minimum absolute atomic E-state index is 0.198. The first-order chi connectivity index (χ1) is 15.4. The Kier molecular flexibility index (Phi) is 5.94. The van der Waals surface area contributed by atoms with Crippen LogP contribution in [0.2, 0.25) is 0 Å². The van der Waals surface area contributed by atoms with E-state index in [2.05, 4.69) is 5.10 Å². The summed E-state index contributed by atoms with van der Waals surface area (Å²) in [6.07, 6.45) is 0.673. The Morgan fingerprint density at radius 1 is 1.03 bits per heavy atom. The van der Waals surface area contributed by atoms with Crippen LogP contribution in [0, 0.1) is 5.82 Å². The van der Waals surface area contributed by atoms with Crippen LogP contribution < -0.4 is 15.0 Å². The molecule has 0 N–H and O–H groups in total. The lowest BCUT2D eigenvalue weighted by atomic mass is 9.98. The van der Waals surface area contributed by atoms with E-state index in [0.29, 0.717) is 42.3 Å². The van der Waals surface area contributed by atoms with Gasteiger partial charge < -0.3 is 14.4 Å². The summed E-state index contributed by atoms with van der Waals surface area (Å²) in [5.41, 5.74) is 2.86. The Bertz CT molecular complexity index is 1210. The maximum Gasteiger partial charge on any atom is 0.267 e. The molecular weight excluding hydrogens is 413 g/mol. The van der Waals surface area contributed by atoms with Crippen LogP contribution in [0.1, 0.15) is 24.1 Å². The molecule has 1 aliphatic heterocycles. The molecule has 0 unspecified atom stereocenters. The van der Waals surface area contributed by atoms with Crippen molar-refractivity contribution in [2.24, 2.45) is 0 Å². The quantitative estimate of drug-likeness (QED) is 0.613. The number of ether oxygens (including phenoxy) is 2. The summed E-state index contributed by atoms with van der Waals surface area (Å²) < 4.78 is 25.2. The van der Waals surface area contributed by atoms with Crippen LogP contribution in [0.3, 0.4) is 0 Å². The summed E-state index contributed by atoms with van der Waals surface area (Å²) in [4.78, 5) is 27.4. The SMILES string of the molecule is COc1cc2c(cc1OC)CN(C(=O)[C@@H](C)n1nc(-c3ccc(F)cc3)ccc1=O)CC2. The Morgan fingerprint density at radius 2 is 1.69 bits per heavy atom. The smallest absolute Gasteiger partial charge is 0.267 e. The molecule has 0 saturated carbocycles. The van der Waals surface area contributed by atoms with Crippen molar-refractivity contribution in [3.63, 3.8) is 0 Å². The van der Waals surface area contributed by atoms with Gasteiger partial charge in [0.1, 0.15) is 11.9 Å². The number of rotatable bonds is 5. The van der Waals surface area contributed by atoms with E-state index >= 15 is 0 Å². The summed E-state index contributed by atoms with van der Waals surface area (Å²) in [5, 5.41) is 4.38. The lowest BCUT2D eigenvalue weighted by Gasteiger charge is -2.31. The van der Waals surface area contributed by atoms with Crippen molar-refractivity contribution in [2.75, 3.05) is 20.8 Å². The van der Waals surface area contributed by atoms with E-state index in [9.17, 15) is 14.0 Å². The Hall–Kier alpha value is -3.68. The van der Waals surface area contributed by atoms with Crippen molar-refractivity contribution in [1.29, 1.82) is 0 Å². The Labute approximate surface area is 185 Å². The molecule has 0 spiro atoms. The van der Waals surface area contributed by atoms with Gasteiger partial charge >= 0.3 is 0 Å². The van der Waals surface area contributed by atoms with Gasteiger partial charge in [-0.1, -0.05) is 0 Å². The lowest BCUT2D eigenvalue weighted by Crippen LogP contribution is -2.42. The number of carbonyl (C=O) groups excluding carboxylic acids is 1. The number of hydrogen-bond acceptors (Lipinski definition) is 5. The van der Waals surface area contributed by atoms with Crippen molar-refractivity contribution in [3.05, 3.63) is 75.8 Å². The van der Waals surface area contributed by atoms with Gasteiger partial charge in [0.05, 0.1) is 19.9 Å². The molecule has 8 heteroatoms. The van der Waals surface area contributed by atoms with Crippen LogP contribution in [0.5, 0.6) is 11.5 Å². The molecule has 0 saturated heterocycles. The van der Waals surface area contributed by atoms with Gasteiger partial charge in [-0.2, -0.15) is 5.10 Å². The number of benzene rings is 2. The summed E-state index contributed by atoms with van der Waals surface area (Å²) in [6.45, 7) is 2.60. The number of aromatic nitrogens is 2. The standard InChI is InChI=1S/C24H24FN3O4/c1-15(28-23(29)9-8-20(26-28)16-4-6-19(25)7-5-16)24(30)27-11-10-17-12-21(31-2)22(32-3)13-18(17)14-27/h4-9,12-13,15H,10-11,14H2,1-3H3/t15-/m1/s1. The molecule has 32 heavy (non-hydrogen) atoms. The van der Waals surface area contributed by atoms with E-state index in [0.717, 1.165) is 11.1 Å². The molecule has 1 amide bonds. The molecule has 166 valence electrons. The van der Waals surface area contributed by atoms with Gasteiger partial charge in [-0.05, 0) is 66.9 Å². The third-order valence-corrected chi connectivity index (χ3v) is 5.72. The molecule has 1 atom stereocenters. The van der Waals surface area contributed by atoms with Gasteiger partial charge in [0.15, 0.2) is 11.5 Å². The van der Waals surface area contributed by atoms with Crippen LogP contribution in [0.25, 0.3) is 11.3 Å². The monoisotopic (exact) mass is 437 g/mol. The topological polar surface area (TPSA) is 73.7 Å². The summed E-state index contributed by atoms with van der Waals surface area (Å²) in [6, 6.07) is 11.8. The number of hydrogen-bond donors (Lipinski definition) is 0. The molecule has 1 aliphatic rings. The highest BCUT2D eigenvalue weighted by atomic mass is 19.1. The molecule has 0 aliphatic carbocycles. The molecule has 0 radical (unpaired) electrons. The van der Waals surface area contributed by atoms with Crippen molar-refractivity contribution in [2.45, 2.75) is 25.9 Å². The van der Waals surface area contributed by atoms with E-state index in [1.807, 2.05) is 12.1 Å². The lowest BCUT2D eigenvalue weighted by molar-refractivity contribution is -0.135. The first kappa shape index (κ1) is 21.5. The molecule has 2 heterocycles. The summed E-state index contributed by atoms with van der Waals surface area (Å²) in [5.74, 6) is 0.716. The van der Waals surface area contributed by atoms with E-state index in [1.54, 1.807) is 44.2 Å². The van der Waals surface area contributed by atoms with Crippen LogP contribution in [-0.4, -0.2) is 41.4 Å². The van der Waals surface area contributed by atoms with E-state index in [-0.39, 0.29) is 17.3 Å². The molecule has 4 rings (SSSR count). The zero-order valence-corrected chi connectivity index (χ0v) is 18.2. The minimum atomic E-state index is -0.787. The normalized spacial score (nSPS) is 13.9. The molecular formula is C24H24FN3O4. The minimum Gasteiger partial charge on any atom is -0.493 e. The molecule has 0 bridgehead atoms. The second kappa shape index (κ2) is 8.82. The maximum atomic E-state index is 13.3. The number of nitrogens with zero attached hydrogens (tertiary/aromatic N) is 3. The first-order valence-corrected chi connectivity index (χ1v) is 10.3. The van der Waals surface area contributed by atoms with E-state index in [4.69, 9.17) is 9.47 Å². The number of halogens is 1.